The van der Waals surface area contributed by atoms with Crippen LogP contribution in [0.5, 0.6) is 0 Å². The summed E-state index contributed by atoms with van der Waals surface area (Å²) in [6, 6.07) is 103. The van der Waals surface area contributed by atoms with Gasteiger partial charge in [-0.2, -0.15) is 0 Å². The molecule has 3 aliphatic rings. The second-order valence-electron chi connectivity index (χ2n) is 29.7. The first-order chi connectivity index (χ1) is 49.4. The van der Waals surface area contributed by atoms with Crippen LogP contribution >= 0.6 is 0 Å². The first-order valence-electron chi connectivity index (χ1n) is 35.5. The highest BCUT2D eigenvalue weighted by molar-refractivity contribution is 5.89. The van der Waals surface area contributed by atoms with E-state index in [0.29, 0.717) is 23.3 Å². The molecule has 6 nitrogen and oxygen atoms in total. The van der Waals surface area contributed by atoms with Gasteiger partial charge in [-0.15, -0.1) is 0 Å². The maximum Gasteiger partial charge on any atom is 0.164 e. The van der Waals surface area contributed by atoms with Gasteiger partial charge in [0.25, 0.3) is 0 Å². The predicted octanol–water partition coefficient (Wildman–Crippen LogP) is 24.2. The van der Waals surface area contributed by atoms with Crippen LogP contribution in [0.1, 0.15) is 91.6 Å². The highest BCUT2D eigenvalue weighted by Crippen LogP contribution is 2.53. The van der Waals surface area contributed by atoms with Gasteiger partial charge in [0.15, 0.2) is 23.3 Å². The van der Waals surface area contributed by atoms with Crippen molar-refractivity contribution in [1.82, 2.24) is 29.9 Å². The van der Waals surface area contributed by atoms with Gasteiger partial charge in [0, 0.05) is 60.8 Å². The minimum atomic E-state index is -0.218. The molecule has 488 valence electrons. The summed E-state index contributed by atoms with van der Waals surface area (Å²) in [5.41, 5.74) is 37.0. The fourth-order valence-electron chi connectivity index (χ4n) is 16.2. The molecular weight excluding hydrogens is 1240 g/mol. The summed E-state index contributed by atoms with van der Waals surface area (Å²) < 4.78 is 0. The highest BCUT2D eigenvalue weighted by Gasteiger charge is 2.39. The summed E-state index contributed by atoms with van der Waals surface area (Å²) in [7, 11) is 0. The number of rotatable bonds is 11. The molecule has 0 atom stereocenters. The number of pyridine rings is 1. The van der Waals surface area contributed by atoms with E-state index in [2.05, 4.69) is 341 Å². The van der Waals surface area contributed by atoms with Crippen molar-refractivity contribution in [3.05, 3.63) is 335 Å². The van der Waals surface area contributed by atoms with Crippen LogP contribution in [-0.2, 0) is 16.2 Å². The number of fused-ring (bicyclic) bond motifs is 9. The normalized spacial score (nSPS) is 13.8. The van der Waals surface area contributed by atoms with E-state index in [-0.39, 0.29) is 16.2 Å². The van der Waals surface area contributed by atoms with Crippen LogP contribution in [0, 0.1) is 20.8 Å². The van der Waals surface area contributed by atoms with Gasteiger partial charge in [0.1, 0.15) is 0 Å². The van der Waals surface area contributed by atoms with Gasteiger partial charge in [-0.25, -0.2) is 29.9 Å². The molecule has 0 amide bonds. The molecule has 6 heteroatoms. The van der Waals surface area contributed by atoms with Gasteiger partial charge in [0.05, 0.1) is 22.8 Å². The zero-order valence-electron chi connectivity index (χ0n) is 58.8. The summed E-state index contributed by atoms with van der Waals surface area (Å²) in [4.78, 5) is 32.1. The number of nitrogens with zero attached hydrogens (tertiary/aromatic N) is 6. The number of aryl methyl sites for hydroxylation is 3. The van der Waals surface area contributed by atoms with E-state index >= 15 is 0 Å². The summed E-state index contributed by atoms with van der Waals surface area (Å²) in [6.07, 6.45) is 0. The standard InChI is InChI=1S/C96H74N6/c1-57-26-40-74-77-43-37-69(51-83(77)94(4,5)80(74)46-57)87-55-73(54-86(97-87)62-18-12-10-13-19-62)68-24-16-22-66(49-68)67-23-17-25-71(50-67)92-100-91(101-93(102-92)72-39-45-79-76-42-28-59(3)48-82(76)96(8,9)85(79)53-72)65-35-31-61(32-36-65)60-29-33-64(34-30-60)90-98-88(63-20-14-11-15-21-63)56-89(99-90)70-38-44-78-75-41-27-58(2)47-81(75)95(6,7)84(78)52-70/h10-56H,1-9H3. The van der Waals surface area contributed by atoms with Gasteiger partial charge in [-0.1, -0.05) is 295 Å². The molecule has 15 aromatic rings. The fraction of sp³-hybridized carbons (Fsp3) is 0.125. The minimum Gasteiger partial charge on any atom is -0.248 e. The number of benzene rings is 12. The Morgan fingerprint density at radius 3 is 0.882 bits per heavy atom. The largest absolute Gasteiger partial charge is 0.248 e. The molecule has 0 radical (unpaired) electrons. The molecule has 3 aromatic heterocycles. The molecule has 0 saturated heterocycles. The minimum absolute atomic E-state index is 0.146. The van der Waals surface area contributed by atoms with Crippen LogP contribution in [0.25, 0.3) is 157 Å². The first kappa shape index (κ1) is 62.2. The number of hydrogen-bond donors (Lipinski definition) is 0. The van der Waals surface area contributed by atoms with Gasteiger partial charge in [0.2, 0.25) is 0 Å². The maximum absolute atomic E-state index is 5.40. The van der Waals surface area contributed by atoms with Crippen LogP contribution in [0.15, 0.2) is 285 Å². The average molecular weight is 1310 g/mol. The molecule has 102 heavy (non-hydrogen) atoms. The van der Waals surface area contributed by atoms with Crippen molar-refractivity contribution in [2.24, 2.45) is 0 Å². The van der Waals surface area contributed by atoms with Crippen molar-refractivity contribution in [3.63, 3.8) is 0 Å². The molecule has 3 aliphatic carbocycles. The molecule has 0 aliphatic heterocycles. The first-order valence-corrected chi connectivity index (χ1v) is 35.5. The molecule has 0 spiro atoms. The molecule has 0 fully saturated rings. The van der Waals surface area contributed by atoms with E-state index < -0.39 is 0 Å². The second kappa shape index (κ2) is 23.8. The van der Waals surface area contributed by atoms with Crippen molar-refractivity contribution < 1.29 is 0 Å². The topological polar surface area (TPSA) is 77.3 Å². The van der Waals surface area contributed by atoms with E-state index in [9.17, 15) is 0 Å². The number of hydrogen-bond acceptors (Lipinski definition) is 6. The Balaban J connectivity index is 0.686. The molecule has 18 rings (SSSR count). The van der Waals surface area contributed by atoms with E-state index in [1.807, 2.05) is 6.07 Å². The Morgan fingerprint density at radius 1 is 0.176 bits per heavy atom. The SMILES string of the molecule is Cc1ccc2c(c1)C(C)(C)c1cc(-c3cc(-c4cccc(-c5cccc(-c6nc(-c7ccc(-c8ccc(-c9nc(-c%10ccccc%10)cc(-c%10ccc%11c(c%10)C(C)(C)c%10cc(C)ccc%10-%11)n9)cc8)cc7)nc(-c7ccc8c(c7)C(C)(C)c7cc(C)ccc7-8)n6)c5)c4)cc(-c4ccccc4)n3)ccc1-2. The third-order valence-corrected chi connectivity index (χ3v) is 21.9. The summed E-state index contributed by atoms with van der Waals surface area (Å²) in [5.74, 6) is 2.48. The number of aromatic nitrogens is 6. The predicted molar refractivity (Wildman–Crippen MR) is 420 cm³/mol. The van der Waals surface area contributed by atoms with Crippen LogP contribution in [0.2, 0.25) is 0 Å². The van der Waals surface area contributed by atoms with Gasteiger partial charge in [-0.3, -0.25) is 0 Å². The Labute approximate surface area is 597 Å². The van der Waals surface area contributed by atoms with Gasteiger partial charge in [-0.05, 0) is 169 Å². The Hall–Kier alpha value is -12.1. The third kappa shape index (κ3) is 10.6. The maximum atomic E-state index is 5.40. The highest BCUT2D eigenvalue weighted by atomic mass is 15.0. The zero-order chi connectivity index (χ0) is 69.3. The van der Waals surface area contributed by atoms with Crippen molar-refractivity contribution >= 4 is 0 Å². The van der Waals surface area contributed by atoms with E-state index in [4.69, 9.17) is 29.9 Å². The lowest BCUT2D eigenvalue weighted by Gasteiger charge is -2.22. The smallest absolute Gasteiger partial charge is 0.164 e. The van der Waals surface area contributed by atoms with Crippen LogP contribution in [0.3, 0.4) is 0 Å². The summed E-state index contributed by atoms with van der Waals surface area (Å²) in [6.45, 7) is 20.6. The lowest BCUT2D eigenvalue weighted by Crippen LogP contribution is -2.15. The second-order valence-corrected chi connectivity index (χ2v) is 29.7. The van der Waals surface area contributed by atoms with Gasteiger partial charge < -0.3 is 0 Å². The molecule has 0 bridgehead atoms. The summed E-state index contributed by atoms with van der Waals surface area (Å²) >= 11 is 0. The van der Waals surface area contributed by atoms with E-state index in [0.717, 1.165) is 101 Å². The zero-order valence-corrected chi connectivity index (χ0v) is 58.8. The Kier molecular flexibility index (Phi) is 14.5. The average Bonchev–Trinajstić information content (AvgIpc) is 1.58. The van der Waals surface area contributed by atoms with Crippen molar-refractivity contribution in [1.29, 1.82) is 0 Å². The van der Waals surface area contributed by atoms with Crippen LogP contribution in [0.4, 0.5) is 0 Å². The molecule has 0 saturated carbocycles. The molecule has 3 heterocycles. The summed E-state index contributed by atoms with van der Waals surface area (Å²) in [5, 5.41) is 0. The third-order valence-electron chi connectivity index (χ3n) is 21.9. The molecule has 12 aromatic carbocycles. The molecule has 0 unspecified atom stereocenters. The van der Waals surface area contributed by atoms with E-state index in [1.54, 1.807) is 0 Å². The Morgan fingerprint density at radius 2 is 0.451 bits per heavy atom. The van der Waals surface area contributed by atoms with Crippen molar-refractivity contribution in [3.8, 4) is 157 Å². The monoisotopic (exact) mass is 1310 g/mol. The Bertz CT molecular complexity index is 5920. The van der Waals surface area contributed by atoms with E-state index in [1.165, 1.54) is 83.5 Å². The van der Waals surface area contributed by atoms with Gasteiger partial charge >= 0.3 is 0 Å². The molecular formula is C96H74N6. The lowest BCUT2D eigenvalue weighted by atomic mass is 9.81. The molecule has 0 N–H and O–H groups in total. The quantitative estimate of drug-likeness (QED) is 0.128. The van der Waals surface area contributed by atoms with Crippen LogP contribution in [-0.4, -0.2) is 29.9 Å². The lowest BCUT2D eigenvalue weighted by molar-refractivity contribution is 0.660. The van der Waals surface area contributed by atoms with Crippen molar-refractivity contribution in [2.75, 3.05) is 0 Å². The van der Waals surface area contributed by atoms with Crippen LogP contribution < -0.4 is 0 Å². The van der Waals surface area contributed by atoms with Crippen molar-refractivity contribution in [2.45, 2.75) is 78.6 Å². The fourth-order valence-corrected chi connectivity index (χ4v) is 16.2.